The van der Waals surface area contributed by atoms with Crippen LogP contribution in [0.5, 0.6) is 0 Å². The number of aliphatic hydroxyl groups excluding tert-OH is 1. The lowest BCUT2D eigenvalue weighted by Gasteiger charge is -2.14. The van der Waals surface area contributed by atoms with Crippen molar-refractivity contribution in [2.45, 2.75) is 44.1 Å². The Hall–Kier alpha value is -1.35. The van der Waals surface area contributed by atoms with Crippen molar-refractivity contribution in [3.8, 4) is 0 Å². The van der Waals surface area contributed by atoms with Crippen LogP contribution in [0.4, 0.5) is 0 Å². The first-order valence-corrected chi connectivity index (χ1v) is 8.18. The molecule has 0 amide bonds. The summed E-state index contributed by atoms with van der Waals surface area (Å²) in [4.78, 5) is 6.03. The molecule has 3 aliphatic rings. The van der Waals surface area contributed by atoms with E-state index in [1.54, 1.807) is 18.8 Å². The molecule has 3 heteroatoms. The first kappa shape index (κ1) is 14.6. The fourth-order valence-electron chi connectivity index (χ4n) is 3.89. The molecule has 114 valence electrons. The summed E-state index contributed by atoms with van der Waals surface area (Å²) < 4.78 is 0. The molecule has 1 aliphatic heterocycles. The predicted molar refractivity (Wildman–Crippen MR) is 86.7 cm³/mol. The van der Waals surface area contributed by atoms with Crippen LogP contribution in [0.25, 0.3) is 0 Å². The van der Waals surface area contributed by atoms with Crippen LogP contribution in [0, 0.1) is 5.92 Å². The van der Waals surface area contributed by atoms with E-state index in [2.05, 4.69) is 35.3 Å². The number of benzene rings is 1. The number of β-amino-alcohol motifs (C(OH)–C–C–N with tert-alkyl or cyclic N) is 1. The summed E-state index contributed by atoms with van der Waals surface area (Å²) in [5.41, 5.74) is 2.26. The van der Waals surface area contributed by atoms with Crippen molar-refractivity contribution < 1.29 is 5.11 Å². The second-order valence-electron chi connectivity index (χ2n) is 6.68. The van der Waals surface area contributed by atoms with Crippen LogP contribution in [0.2, 0.25) is 0 Å². The van der Waals surface area contributed by atoms with Crippen molar-refractivity contribution in [1.82, 2.24) is 4.90 Å². The second-order valence-corrected chi connectivity index (χ2v) is 6.68. The van der Waals surface area contributed by atoms with E-state index in [9.17, 15) is 0 Å². The van der Waals surface area contributed by atoms with Crippen LogP contribution in [-0.4, -0.2) is 42.1 Å². The van der Waals surface area contributed by atoms with E-state index >= 15 is 0 Å². The standard InChI is InChI=1S/C12H14.C6H12N2O/c1-2-5-10(6-3-1)12-8-4-7-11(12)9-12;1-6(9)4-8-3-2-7-5-8/h1-3,5-6,11H,4,7-9H2;5-6,9H,2-4H2,1H3. The Balaban J connectivity index is 0.000000133. The Morgan fingerprint density at radius 2 is 2.19 bits per heavy atom. The van der Waals surface area contributed by atoms with Crippen molar-refractivity contribution in [3.05, 3.63) is 35.9 Å². The van der Waals surface area contributed by atoms with E-state index in [-0.39, 0.29) is 6.10 Å². The van der Waals surface area contributed by atoms with Crippen LogP contribution in [0.1, 0.15) is 38.2 Å². The van der Waals surface area contributed by atoms with Crippen LogP contribution in [0.3, 0.4) is 0 Å². The molecule has 2 fully saturated rings. The minimum absolute atomic E-state index is 0.241. The molecule has 21 heavy (non-hydrogen) atoms. The summed E-state index contributed by atoms with van der Waals surface area (Å²) in [5, 5.41) is 8.91. The molecule has 0 bridgehead atoms. The number of rotatable bonds is 3. The summed E-state index contributed by atoms with van der Waals surface area (Å²) in [6, 6.07) is 11.1. The average molecular weight is 286 g/mol. The largest absolute Gasteiger partial charge is 0.392 e. The van der Waals surface area contributed by atoms with Crippen molar-refractivity contribution >= 4 is 6.34 Å². The fraction of sp³-hybridized carbons (Fsp3) is 0.611. The van der Waals surface area contributed by atoms with E-state index in [0.29, 0.717) is 12.0 Å². The van der Waals surface area contributed by atoms with Gasteiger partial charge in [0.15, 0.2) is 0 Å². The van der Waals surface area contributed by atoms with Gasteiger partial charge in [-0.1, -0.05) is 36.8 Å². The first-order chi connectivity index (χ1) is 10.2. The minimum atomic E-state index is -0.241. The van der Waals surface area contributed by atoms with Gasteiger partial charge in [0.2, 0.25) is 0 Å². The van der Waals surface area contributed by atoms with Gasteiger partial charge in [-0.2, -0.15) is 0 Å². The van der Waals surface area contributed by atoms with Gasteiger partial charge in [0, 0.05) is 13.1 Å². The van der Waals surface area contributed by atoms with Crippen molar-refractivity contribution in [1.29, 1.82) is 0 Å². The van der Waals surface area contributed by atoms with E-state index in [0.717, 1.165) is 19.0 Å². The quantitative estimate of drug-likeness (QED) is 0.927. The molecule has 0 spiro atoms. The Bertz CT molecular complexity index is 485. The van der Waals surface area contributed by atoms with Crippen molar-refractivity contribution in [3.63, 3.8) is 0 Å². The molecule has 2 aliphatic carbocycles. The smallest absolute Gasteiger partial charge is 0.0852 e. The lowest BCUT2D eigenvalue weighted by atomic mass is 9.94. The number of hydrogen-bond donors (Lipinski definition) is 1. The maximum atomic E-state index is 8.91. The van der Waals surface area contributed by atoms with Crippen LogP contribution < -0.4 is 0 Å². The highest BCUT2D eigenvalue weighted by atomic mass is 16.3. The van der Waals surface area contributed by atoms with E-state index < -0.39 is 0 Å². The molecule has 3 atom stereocenters. The summed E-state index contributed by atoms with van der Waals surface area (Å²) in [6.45, 7) is 4.34. The zero-order valence-corrected chi connectivity index (χ0v) is 12.9. The lowest BCUT2D eigenvalue weighted by Crippen LogP contribution is -2.28. The van der Waals surface area contributed by atoms with E-state index in [1.165, 1.54) is 25.7 Å². The molecule has 1 heterocycles. The molecule has 0 aromatic heterocycles. The monoisotopic (exact) mass is 286 g/mol. The van der Waals surface area contributed by atoms with Gasteiger partial charge in [-0.3, -0.25) is 4.99 Å². The Labute approximate surface area is 127 Å². The highest BCUT2D eigenvalue weighted by molar-refractivity contribution is 5.56. The molecule has 1 aromatic rings. The Morgan fingerprint density at radius 3 is 2.71 bits per heavy atom. The van der Waals surface area contributed by atoms with Gasteiger partial charge in [-0.05, 0) is 43.1 Å². The second kappa shape index (κ2) is 6.18. The summed E-state index contributed by atoms with van der Waals surface area (Å²) in [6.07, 6.45) is 7.41. The number of aliphatic hydroxyl groups is 1. The van der Waals surface area contributed by atoms with Crippen molar-refractivity contribution in [2.24, 2.45) is 10.9 Å². The third-order valence-corrected chi connectivity index (χ3v) is 5.02. The lowest BCUT2D eigenvalue weighted by molar-refractivity contribution is 0.165. The summed E-state index contributed by atoms with van der Waals surface area (Å²) in [5.74, 6) is 1.04. The summed E-state index contributed by atoms with van der Waals surface area (Å²) >= 11 is 0. The maximum Gasteiger partial charge on any atom is 0.0852 e. The van der Waals surface area contributed by atoms with Crippen LogP contribution in [0.15, 0.2) is 35.3 Å². The Kier molecular flexibility index (Phi) is 4.29. The van der Waals surface area contributed by atoms with Gasteiger partial charge in [-0.25, -0.2) is 0 Å². The predicted octanol–water partition coefficient (Wildman–Crippen LogP) is 2.84. The summed E-state index contributed by atoms with van der Waals surface area (Å²) in [7, 11) is 0. The molecule has 0 radical (unpaired) electrons. The molecular formula is C18H26N2O. The van der Waals surface area contributed by atoms with Crippen LogP contribution >= 0.6 is 0 Å². The number of hydrogen-bond acceptors (Lipinski definition) is 3. The van der Waals surface area contributed by atoms with Crippen LogP contribution in [-0.2, 0) is 5.41 Å². The zero-order valence-electron chi connectivity index (χ0n) is 12.9. The average Bonchev–Trinajstić information content (AvgIpc) is 2.86. The molecule has 1 aromatic carbocycles. The molecule has 2 saturated carbocycles. The SMILES string of the molecule is CC(O)CN1C=NCC1.c1ccc(C23CCCC2C3)cc1. The fourth-order valence-corrected chi connectivity index (χ4v) is 3.89. The van der Waals surface area contributed by atoms with Crippen molar-refractivity contribution in [2.75, 3.05) is 19.6 Å². The highest BCUT2D eigenvalue weighted by Gasteiger charge is 2.57. The minimum Gasteiger partial charge on any atom is -0.392 e. The van der Waals surface area contributed by atoms with E-state index in [4.69, 9.17) is 5.11 Å². The van der Waals surface area contributed by atoms with E-state index in [1.807, 2.05) is 4.90 Å². The van der Waals surface area contributed by atoms with Gasteiger partial charge >= 0.3 is 0 Å². The maximum absolute atomic E-state index is 8.91. The molecule has 4 rings (SSSR count). The topological polar surface area (TPSA) is 35.8 Å². The van der Waals surface area contributed by atoms with Gasteiger partial charge in [0.25, 0.3) is 0 Å². The third kappa shape index (κ3) is 3.29. The molecular weight excluding hydrogens is 260 g/mol. The molecule has 3 nitrogen and oxygen atoms in total. The van der Waals surface area contributed by atoms with Gasteiger partial charge < -0.3 is 10.0 Å². The molecule has 0 saturated heterocycles. The Morgan fingerprint density at radius 1 is 1.38 bits per heavy atom. The van der Waals surface area contributed by atoms with Gasteiger partial charge in [0.05, 0.1) is 19.0 Å². The van der Waals surface area contributed by atoms with Gasteiger partial charge in [-0.15, -0.1) is 0 Å². The number of aliphatic imine (C=N–C) groups is 1. The highest BCUT2D eigenvalue weighted by Crippen LogP contribution is 2.64. The number of nitrogens with zero attached hydrogens (tertiary/aromatic N) is 2. The molecule has 3 unspecified atom stereocenters. The number of fused-ring (bicyclic) bond motifs is 1. The normalized spacial score (nSPS) is 30.6. The molecule has 1 N–H and O–H groups in total. The first-order valence-electron chi connectivity index (χ1n) is 8.18. The zero-order chi connectivity index (χ0) is 14.7. The third-order valence-electron chi connectivity index (χ3n) is 5.02. The van der Waals surface area contributed by atoms with Gasteiger partial charge in [0.1, 0.15) is 0 Å².